The predicted octanol–water partition coefficient (Wildman–Crippen LogP) is 2.42. The van der Waals surface area contributed by atoms with Crippen LogP contribution in [0.15, 0.2) is 36.5 Å². The molecule has 3 heterocycles. The molecule has 23 heavy (non-hydrogen) atoms. The van der Waals surface area contributed by atoms with Crippen molar-refractivity contribution in [2.24, 2.45) is 0 Å². The fourth-order valence-electron chi connectivity index (χ4n) is 2.99. The number of pyridine rings is 1. The molecule has 1 fully saturated rings. The van der Waals surface area contributed by atoms with Gasteiger partial charge in [-0.15, -0.1) is 29.7 Å². The molecular weight excluding hydrogens is 333 g/mol. The summed E-state index contributed by atoms with van der Waals surface area (Å²) in [4.78, 5) is 28.0. The molecule has 0 aliphatic carbocycles. The Labute approximate surface area is 144 Å². The molecule has 5 nitrogen and oxygen atoms in total. The van der Waals surface area contributed by atoms with E-state index in [1.54, 1.807) is 6.20 Å². The van der Waals surface area contributed by atoms with E-state index in [1.165, 1.54) is 0 Å². The normalized spacial score (nSPS) is 17.5. The quantitative estimate of drug-likeness (QED) is 0.417. The van der Waals surface area contributed by atoms with Crippen molar-refractivity contribution in [3.05, 3.63) is 50.0 Å². The molecule has 0 saturated carbocycles. The summed E-state index contributed by atoms with van der Waals surface area (Å²) < 4.78 is 1.92. The van der Waals surface area contributed by atoms with Crippen LogP contribution in [0, 0.1) is 13.5 Å². The summed E-state index contributed by atoms with van der Waals surface area (Å²) in [7, 11) is 0. The maximum atomic E-state index is 12.2. The number of rotatable bonds is 1. The third-order valence-corrected chi connectivity index (χ3v) is 3.90. The Morgan fingerprint density at radius 2 is 2.09 bits per heavy atom. The van der Waals surface area contributed by atoms with Crippen LogP contribution in [0.25, 0.3) is 21.9 Å². The minimum Gasteiger partial charge on any atom is -0.363 e. The summed E-state index contributed by atoms with van der Waals surface area (Å²) in [5, 5.41) is 4.33. The van der Waals surface area contributed by atoms with E-state index in [2.05, 4.69) is 16.4 Å². The third kappa shape index (κ3) is 2.64. The summed E-state index contributed by atoms with van der Waals surface area (Å²) >= 11 is 0. The first-order chi connectivity index (χ1) is 10.3. The number of imide groups is 1. The van der Waals surface area contributed by atoms with Gasteiger partial charge >= 0.3 is 17.1 Å². The Hall–Kier alpha value is -2.17. The van der Waals surface area contributed by atoms with Gasteiger partial charge in [-0.05, 0) is 11.9 Å². The summed E-state index contributed by atoms with van der Waals surface area (Å²) in [6.45, 7) is 0. The average molecular weight is 348 g/mol. The second-order valence-electron chi connectivity index (χ2n) is 5.14. The molecule has 1 atom stereocenters. The number of amides is 2. The van der Waals surface area contributed by atoms with Gasteiger partial charge in [0.25, 0.3) is 0 Å². The van der Waals surface area contributed by atoms with E-state index in [1.807, 2.05) is 34.9 Å². The molecule has 1 aliphatic rings. The molecular formula is C17H15MnN3O2. The van der Waals surface area contributed by atoms with E-state index in [-0.39, 0.29) is 36.3 Å². The van der Waals surface area contributed by atoms with E-state index < -0.39 is 6.04 Å². The van der Waals surface area contributed by atoms with Gasteiger partial charge in [-0.3, -0.25) is 14.9 Å². The molecule has 117 valence electrons. The van der Waals surface area contributed by atoms with Gasteiger partial charge in [0.1, 0.15) is 6.04 Å². The molecule has 1 N–H and O–H groups in total. The molecule has 4 rings (SSSR count). The number of nitrogens with one attached hydrogen (secondary N) is 1. The van der Waals surface area contributed by atoms with E-state index in [4.69, 9.17) is 0 Å². The topological polar surface area (TPSA) is 64.0 Å². The predicted molar refractivity (Wildman–Crippen MR) is 83.9 cm³/mol. The van der Waals surface area contributed by atoms with Gasteiger partial charge in [0.2, 0.25) is 11.8 Å². The second-order valence-corrected chi connectivity index (χ2v) is 5.14. The number of hydrogen-bond donors (Lipinski definition) is 1. The van der Waals surface area contributed by atoms with Crippen molar-refractivity contribution in [2.75, 3.05) is 0 Å². The van der Waals surface area contributed by atoms with E-state index >= 15 is 0 Å². The summed E-state index contributed by atoms with van der Waals surface area (Å²) in [6, 6.07) is 12.4. The van der Waals surface area contributed by atoms with E-state index in [0.717, 1.165) is 21.9 Å². The van der Waals surface area contributed by atoms with Crippen LogP contribution in [0.1, 0.15) is 18.9 Å². The largest absolute Gasteiger partial charge is 2.00 e. The van der Waals surface area contributed by atoms with Gasteiger partial charge in [0.15, 0.2) is 0 Å². The molecule has 1 unspecified atom stereocenters. The van der Waals surface area contributed by atoms with Crippen LogP contribution >= 0.6 is 0 Å². The zero-order valence-corrected chi connectivity index (χ0v) is 13.7. The number of carbonyl (C=O) groups excluding carboxylic acids is 2. The first-order valence-electron chi connectivity index (χ1n) is 6.85. The van der Waals surface area contributed by atoms with Gasteiger partial charge in [0, 0.05) is 12.6 Å². The van der Waals surface area contributed by atoms with Gasteiger partial charge < -0.3 is 12.0 Å². The Morgan fingerprint density at radius 1 is 1.26 bits per heavy atom. The van der Waals surface area contributed by atoms with Gasteiger partial charge in [-0.25, -0.2) is 4.98 Å². The maximum Gasteiger partial charge on any atom is 2.00 e. The first kappa shape index (κ1) is 17.2. The molecule has 1 radical (unpaired) electrons. The summed E-state index contributed by atoms with van der Waals surface area (Å²) in [5.74, 6) is -0.476. The fourth-order valence-corrected chi connectivity index (χ4v) is 2.99. The monoisotopic (exact) mass is 348 g/mol. The minimum atomic E-state index is -0.409. The number of aromatic nitrogens is 2. The summed E-state index contributed by atoms with van der Waals surface area (Å²) in [5.41, 5.74) is 1.67. The molecule has 0 spiro atoms. The van der Waals surface area contributed by atoms with Crippen LogP contribution in [0.4, 0.5) is 0 Å². The molecule has 1 aliphatic heterocycles. The van der Waals surface area contributed by atoms with Gasteiger partial charge in [-0.1, -0.05) is 17.5 Å². The van der Waals surface area contributed by atoms with Crippen LogP contribution in [0.2, 0.25) is 0 Å². The zero-order valence-electron chi connectivity index (χ0n) is 12.5. The van der Waals surface area contributed by atoms with Crippen LogP contribution < -0.4 is 5.32 Å². The van der Waals surface area contributed by atoms with Crippen molar-refractivity contribution >= 4 is 33.8 Å². The first-order valence-corrected chi connectivity index (χ1v) is 6.85. The van der Waals surface area contributed by atoms with E-state index in [9.17, 15) is 9.59 Å². The average Bonchev–Trinajstić information content (AvgIpc) is 2.82. The van der Waals surface area contributed by atoms with Gasteiger partial charge in [-0.2, -0.15) is 0 Å². The van der Waals surface area contributed by atoms with Crippen molar-refractivity contribution in [1.29, 1.82) is 0 Å². The van der Waals surface area contributed by atoms with Crippen LogP contribution in [-0.2, 0) is 26.7 Å². The molecule has 6 heteroatoms. The van der Waals surface area contributed by atoms with Crippen molar-refractivity contribution in [2.45, 2.75) is 18.9 Å². The van der Waals surface area contributed by atoms with Crippen molar-refractivity contribution in [3.8, 4) is 0 Å². The Morgan fingerprint density at radius 3 is 2.87 bits per heavy atom. The number of piperidine rings is 1. The Balaban J connectivity index is 0.000000960. The third-order valence-electron chi connectivity index (χ3n) is 3.90. The zero-order chi connectivity index (χ0) is 14.4. The van der Waals surface area contributed by atoms with Crippen molar-refractivity contribution in [3.63, 3.8) is 0 Å². The SMILES string of the molecule is O=C1CCC(n2c3ccc[c-]c3c3cccnc32)C(=O)N1.[CH3-].[Mn+2]. The molecule has 2 amide bonds. The number of fused-ring (bicyclic) bond motifs is 3. The van der Waals surface area contributed by atoms with Crippen molar-refractivity contribution < 1.29 is 26.7 Å². The molecule has 1 aromatic carbocycles. The minimum absolute atomic E-state index is 0. The molecule has 0 bridgehead atoms. The molecule has 1 saturated heterocycles. The van der Waals surface area contributed by atoms with E-state index in [0.29, 0.717) is 12.8 Å². The van der Waals surface area contributed by atoms with Crippen LogP contribution in [-0.4, -0.2) is 21.4 Å². The number of nitrogens with zero attached hydrogens (tertiary/aromatic N) is 2. The van der Waals surface area contributed by atoms with Crippen LogP contribution in [0.5, 0.6) is 0 Å². The summed E-state index contributed by atoms with van der Waals surface area (Å²) in [6.07, 6.45) is 2.56. The number of hydrogen-bond acceptors (Lipinski definition) is 3. The Bertz CT molecular complexity index is 835. The second kappa shape index (κ2) is 6.52. The molecule has 2 aromatic heterocycles. The number of benzene rings is 1. The molecule has 3 aromatic rings. The smallest absolute Gasteiger partial charge is 0.363 e. The number of carbonyl (C=O) groups is 2. The standard InChI is InChI=1S/C16H12N3O2.CH3.Mn/c20-14-8-7-13(16(21)18-14)19-12-6-2-1-4-10(12)11-5-3-9-17-15(11)19;;/h1-3,5-6,9,13H,7-8H2,(H,18,20,21);1H3;/q2*-1;+2. The fraction of sp³-hybridized carbons (Fsp3) is 0.176. The van der Waals surface area contributed by atoms with Gasteiger partial charge in [0.05, 0.1) is 5.65 Å². The van der Waals surface area contributed by atoms with Crippen LogP contribution in [0.3, 0.4) is 0 Å². The van der Waals surface area contributed by atoms with Crippen molar-refractivity contribution in [1.82, 2.24) is 14.9 Å². The Kier molecular flexibility index (Phi) is 4.87. The maximum absolute atomic E-state index is 12.2.